The van der Waals surface area contributed by atoms with Crippen LogP contribution in [-0.2, 0) is 0 Å². The molecule has 0 spiro atoms. The van der Waals surface area contributed by atoms with Crippen LogP contribution in [0, 0.1) is 0 Å². The molecule has 0 aromatic carbocycles. The van der Waals surface area contributed by atoms with E-state index in [2.05, 4.69) is 56.1 Å². The predicted molar refractivity (Wildman–Crippen MR) is 146 cm³/mol. The Labute approximate surface area is 215 Å². The Bertz CT molecular complexity index is 365. The van der Waals surface area contributed by atoms with Crippen LogP contribution in [0.15, 0.2) is 0 Å². The van der Waals surface area contributed by atoms with Crippen LogP contribution in [0.25, 0.3) is 0 Å². The van der Waals surface area contributed by atoms with Gasteiger partial charge in [0.1, 0.15) is 0 Å². The third-order valence-corrected chi connectivity index (χ3v) is 5.86. The number of carbonyl (C=O) groups is 1. The molecular formula is C29H64N2O3. The number of rotatable bonds is 20. The van der Waals surface area contributed by atoms with Crippen molar-refractivity contribution in [2.75, 3.05) is 55.4 Å². The van der Waals surface area contributed by atoms with Crippen molar-refractivity contribution in [2.24, 2.45) is 0 Å². The van der Waals surface area contributed by atoms with E-state index in [-0.39, 0.29) is 0 Å². The molecule has 5 nitrogen and oxygen atoms in total. The maximum Gasteiger partial charge on any atom is 0.0780 e. The number of unbranched alkanes of at least 4 members (excludes halogenated alkanes) is 16. The maximum atomic E-state index is 8.33. The minimum atomic E-state index is -2.33. The lowest BCUT2D eigenvalue weighted by Gasteiger charge is -2.23. The summed E-state index contributed by atoms with van der Waals surface area (Å²) in [5, 5.41) is 16.7. The summed E-state index contributed by atoms with van der Waals surface area (Å²) in [7, 11) is 13.7. The molecule has 5 heteroatoms. The number of quaternary nitrogens is 2. The molecule has 0 rings (SSSR count). The van der Waals surface area contributed by atoms with Gasteiger partial charge in [-0.25, -0.2) is 0 Å². The van der Waals surface area contributed by atoms with Crippen molar-refractivity contribution in [1.29, 1.82) is 0 Å². The molecule has 0 atom stereocenters. The number of carbonyl (C=O) groups excluding carboxylic acids is 1. The molecule has 0 saturated heterocycles. The summed E-state index contributed by atoms with van der Waals surface area (Å²) in [4.78, 5) is 8.33. The standard InChI is InChI=1S/2C14H32N.CH2O3/c2*1-5-6-7-8-9-10-11-12-13-14-15(2,3)4;2-1(3)4/h2*5-14H2,1-4H3;(H2,2,3,4)/q2*+1;/p-2. The van der Waals surface area contributed by atoms with Gasteiger partial charge in [-0.3, -0.25) is 0 Å². The fourth-order valence-electron chi connectivity index (χ4n) is 3.79. The van der Waals surface area contributed by atoms with Gasteiger partial charge in [-0.15, -0.1) is 0 Å². The molecule has 0 saturated carbocycles. The minimum absolute atomic E-state index is 1.12. The van der Waals surface area contributed by atoms with E-state index < -0.39 is 6.16 Å². The van der Waals surface area contributed by atoms with E-state index in [1.165, 1.54) is 129 Å². The van der Waals surface area contributed by atoms with Crippen LogP contribution < -0.4 is 10.2 Å². The molecule has 0 aliphatic heterocycles. The van der Waals surface area contributed by atoms with E-state index in [9.17, 15) is 0 Å². The third-order valence-electron chi connectivity index (χ3n) is 5.86. The quantitative estimate of drug-likeness (QED) is 0.156. The first kappa shape index (κ1) is 37.7. The van der Waals surface area contributed by atoms with Gasteiger partial charge >= 0.3 is 0 Å². The summed E-state index contributed by atoms with van der Waals surface area (Å²) in [6.45, 7) is 7.22. The van der Waals surface area contributed by atoms with Crippen molar-refractivity contribution >= 4 is 6.16 Å². The monoisotopic (exact) mass is 488 g/mol. The first-order valence-electron chi connectivity index (χ1n) is 14.3. The maximum absolute atomic E-state index is 8.33. The molecule has 0 N–H and O–H groups in total. The summed E-state index contributed by atoms with van der Waals surface area (Å²) in [6.07, 6.45) is 23.5. The predicted octanol–water partition coefficient (Wildman–Crippen LogP) is 6.00. The Morgan fingerprint density at radius 3 is 0.794 bits per heavy atom. The molecule has 34 heavy (non-hydrogen) atoms. The Balaban J connectivity index is -0.000000488. The van der Waals surface area contributed by atoms with Crippen LogP contribution in [0.1, 0.15) is 129 Å². The van der Waals surface area contributed by atoms with Gasteiger partial charge in [0, 0.05) is 0 Å². The van der Waals surface area contributed by atoms with E-state index in [4.69, 9.17) is 15.0 Å². The van der Waals surface area contributed by atoms with E-state index in [0.29, 0.717) is 0 Å². The van der Waals surface area contributed by atoms with Crippen LogP contribution in [0.3, 0.4) is 0 Å². The fourth-order valence-corrected chi connectivity index (χ4v) is 3.79. The highest BCUT2D eigenvalue weighted by Gasteiger charge is 2.05. The highest BCUT2D eigenvalue weighted by Crippen LogP contribution is 2.11. The summed E-state index contributed by atoms with van der Waals surface area (Å²) >= 11 is 0. The molecule has 0 heterocycles. The average molecular weight is 489 g/mol. The second-order valence-corrected chi connectivity index (χ2v) is 11.9. The zero-order valence-electron chi connectivity index (χ0n) is 24.8. The van der Waals surface area contributed by atoms with Crippen molar-refractivity contribution < 1.29 is 24.0 Å². The molecule has 0 amide bonds. The van der Waals surface area contributed by atoms with Crippen LogP contribution in [0.4, 0.5) is 4.79 Å². The second kappa shape index (κ2) is 26.8. The molecule has 0 fully saturated rings. The lowest BCUT2D eigenvalue weighted by atomic mass is 10.1. The molecule has 0 unspecified atom stereocenters. The topological polar surface area (TPSA) is 63.2 Å². The average Bonchev–Trinajstić information content (AvgIpc) is 2.70. The van der Waals surface area contributed by atoms with Gasteiger partial charge in [-0.05, 0) is 31.8 Å². The highest BCUT2D eigenvalue weighted by atomic mass is 16.6. The normalized spacial score (nSPS) is 11.3. The van der Waals surface area contributed by atoms with Gasteiger partial charge < -0.3 is 24.0 Å². The lowest BCUT2D eigenvalue weighted by molar-refractivity contribution is -0.870. The summed E-state index contributed by atoms with van der Waals surface area (Å²) in [6, 6.07) is 0. The van der Waals surface area contributed by atoms with Gasteiger partial charge in [-0.2, -0.15) is 0 Å². The van der Waals surface area contributed by atoms with Gasteiger partial charge in [0.05, 0.1) is 55.4 Å². The second-order valence-electron chi connectivity index (χ2n) is 11.9. The van der Waals surface area contributed by atoms with Crippen LogP contribution in [0.5, 0.6) is 0 Å². The highest BCUT2D eigenvalue weighted by molar-refractivity contribution is 5.47. The summed E-state index contributed by atoms with van der Waals surface area (Å²) in [5.74, 6) is 0. The molecule has 0 aliphatic rings. The number of carboxylic acid groups (broad SMARTS) is 2. The smallest absolute Gasteiger partial charge is 0.0780 e. The molecule has 0 bridgehead atoms. The summed E-state index contributed by atoms with van der Waals surface area (Å²) in [5.41, 5.74) is 0. The molecule has 0 aromatic rings. The van der Waals surface area contributed by atoms with Crippen LogP contribution in [0.2, 0.25) is 0 Å². The Hall–Kier alpha value is -0.810. The van der Waals surface area contributed by atoms with Gasteiger partial charge in [0.25, 0.3) is 0 Å². The zero-order valence-corrected chi connectivity index (χ0v) is 24.8. The molecule has 0 aliphatic carbocycles. The van der Waals surface area contributed by atoms with Gasteiger partial charge in [-0.1, -0.05) is 104 Å². The van der Waals surface area contributed by atoms with Crippen molar-refractivity contribution in [2.45, 2.75) is 129 Å². The zero-order chi connectivity index (χ0) is 26.7. The molecule has 0 aromatic heterocycles. The number of nitrogens with zero attached hydrogens (tertiary/aromatic N) is 2. The third kappa shape index (κ3) is 52.9. The van der Waals surface area contributed by atoms with E-state index in [1.54, 1.807) is 0 Å². The van der Waals surface area contributed by atoms with Gasteiger partial charge in [0.2, 0.25) is 0 Å². The van der Waals surface area contributed by atoms with E-state index >= 15 is 0 Å². The first-order chi connectivity index (χ1) is 15.9. The van der Waals surface area contributed by atoms with Gasteiger partial charge in [0.15, 0.2) is 0 Å². The Morgan fingerprint density at radius 2 is 0.618 bits per heavy atom. The molecule has 208 valence electrons. The lowest BCUT2D eigenvalue weighted by Crippen LogP contribution is -2.37. The first-order valence-corrected chi connectivity index (χ1v) is 14.3. The van der Waals surface area contributed by atoms with E-state index in [0.717, 1.165) is 8.97 Å². The summed E-state index contributed by atoms with van der Waals surface area (Å²) < 4.78 is 2.24. The SMILES string of the molecule is CCCCCCCCCCC[N+](C)(C)C.CCCCCCCCCCC[N+](C)(C)C.O=C([O-])[O-]. The largest absolute Gasteiger partial charge is 0.652 e. The van der Waals surface area contributed by atoms with Crippen molar-refractivity contribution in [1.82, 2.24) is 0 Å². The number of hydrogen-bond acceptors (Lipinski definition) is 3. The van der Waals surface area contributed by atoms with Crippen LogP contribution >= 0.6 is 0 Å². The minimum Gasteiger partial charge on any atom is -0.652 e. The molecule has 0 radical (unpaired) electrons. The number of hydrogen-bond donors (Lipinski definition) is 0. The molecular weight excluding hydrogens is 424 g/mol. The van der Waals surface area contributed by atoms with Crippen molar-refractivity contribution in [3.05, 3.63) is 0 Å². The fraction of sp³-hybridized carbons (Fsp3) is 0.966. The van der Waals surface area contributed by atoms with Crippen molar-refractivity contribution in [3.8, 4) is 0 Å². The van der Waals surface area contributed by atoms with Crippen LogP contribution in [-0.4, -0.2) is 70.5 Å². The Kier molecular flexibility index (Phi) is 29.7. The van der Waals surface area contributed by atoms with Crippen molar-refractivity contribution in [3.63, 3.8) is 0 Å². The van der Waals surface area contributed by atoms with E-state index in [1.807, 2.05) is 0 Å². The Morgan fingerprint density at radius 1 is 0.441 bits per heavy atom.